The molecule has 0 aliphatic heterocycles. The van der Waals surface area contributed by atoms with E-state index in [-0.39, 0.29) is 11.2 Å². The van der Waals surface area contributed by atoms with Crippen LogP contribution in [-0.4, -0.2) is 26.7 Å². The molecule has 0 radical (unpaired) electrons. The van der Waals surface area contributed by atoms with E-state index in [2.05, 4.69) is 20.9 Å². The Balaban J connectivity index is 2.72. The van der Waals surface area contributed by atoms with E-state index >= 15 is 0 Å². The summed E-state index contributed by atoms with van der Waals surface area (Å²) in [6, 6.07) is 0. The second-order valence-electron chi connectivity index (χ2n) is 2.51. The number of imidazole rings is 1. The summed E-state index contributed by atoms with van der Waals surface area (Å²) < 4.78 is 14.0. The lowest BCUT2D eigenvalue weighted by Gasteiger charge is -2.03. The van der Waals surface area contributed by atoms with E-state index in [1.807, 2.05) is 4.98 Å². The van der Waals surface area contributed by atoms with E-state index in [4.69, 9.17) is 0 Å². The number of aromatic nitrogens is 4. The van der Waals surface area contributed by atoms with Gasteiger partial charge in [0, 0.05) is 7.05 Å². The van der Waals surface area contributed by atoms with Crippen LogP contribution < -0.4 is 16.5 Å². The van der Waals surface area contributed by atoms with Crippen molar-refractivity contribution in [2.75, 3.05) is 12.6 Å². The Morgan fingerprint density at radius 2 is 2.43 bits per heavy atom. The summed E-state index contributed by atoms with van der Waals surface area (Å²) >= 11 is 0. The molecule has 0 fully saturated rings. The van der Waals surface area contributed by atoms with Gasteiger partial charge in [-0.25, -0.2) is 15.1 Å². The van der Waals surface area contributed by atoms with Gasteiger partial charge in [-0.2, -0.15) is 9.37 Å². The third kappa shape index (κ3) is 1.21. The highest BCUT2D eigenvalue weighted by Crippen LogP contribution is 2.01. The minimum atomic E-state index is -0.942. The number of hydrazine groups is 1. The number of rotatable bonds is 2. The third-order valence-corrected chi connectivity index (χ3v) is 1.61. The zero-order valence-electron chi connectivity index (χ0n) is 7.21. The van der Waals surface area contributed by atoms with E-state index in [1.165, 1.54) is 11.0 Å². The normalized spacial score (nSPS) is 10.7. The van der Waals surface area contributed by atoms with Crippen molar-refractivity contribution in [2.24, 2.45) is 0 Å². The lowest BCUT2D eigenvalue weighted by atomic mass is 10.5. The maximum absolute atomic E-state index is 12.7. The minimum Gasteiger partial charge on any atom is -0.281 e. The molecule has 0 saturated heterocycles. The lowest BCUT2D eigenvalue weighted by molar-refractivity contribution is 0.538. The van der Waals surface area contributed by atoms with Crippen molar-refractivity contribution in [3.63, 3.8) is 0 Å². The topological polar surface area (TPSA) is 87.6 Å². The van der Waals surface area contributed by atoms with Gasteiger partial charge in [-0.3, -0.25) is 15.3 Å². The van der Waals surface area contributed by atoms with Crippen molar-refractivity contribution in [3.05, 3.63) is 22.8 Å². The van der Waals surface area contributed by atoms with Gasteiger partial charge in [0.05, 0.1) is 0 Å². The van der Waals surface area contributed by atoms with Gasteiger partial charge in [-0.1, -0.05) is 0 Å². The SMILES string of the molecule is CNNn1cnc2c(=O)[nH]c(F)nc21. The van der Waals surface area contributed by atoms with Crippen LogP contribution in [-0.2, 0) is 0 Å². The fourth-order valence-corrected chi connectivity index (χ4v) is 1.09. The van der Waals surface area contributed by atoms with Crippen LogP contribution >= 0.6 is 0 Å². The Bertz CT molecular complexity index is 517. The first kappa shape index (κ1) is 8.63. The van der Waals surface area contributed by atoms with Gasteiger partial charge >= 0.3 is 0 Å². The molecule has 0 bridgehead atoms. The number of fused-ring (bicyclic) bond motifs is 1. The predicted octanol–water partition coefficient (Wildman–Crippen LogP) is -1.06. The lowest BCUT2D eigenvalue weighted by Crippen LogP contribution is -2.26. The molecule has 3 N–H and O–H groups in total. The molecule has 0 spiro atoms. The van der Waals surface area contributed by atoms with E-state index in [1.54, 1.807) is 7.05 Å². The van der Waals surface area contributed by atoms with Gasteiger partial charge in [0.15, 0.2) is 11.2 Å². The summed E-state index contributed by atoms with van der Waals surface area (Å²) in [6.07, 6.45) is 0.380. The van der Waals surface area contributed by atoms with E-state index < -0.39 is 11.6 Å². The highest BCUT2D eigenvalue weighted by molar-refractivity contribution is 5.68. The molecule has 2 aromatic heterocycles. The number of aromatic amines is 1. The van der Waals surface area contributed by atoms with Crippen LogP contribution in [0.25, 0.3) is 11.2 Å². The quantitative estimate of drug-likeness (QED) is 0.422. The fourth-order valence-electron chi connectivity index (χ4n) is 1.09. The molecule has 0 aliphatic carbocycles. The molecule has 0 saturated carbocycles. The molecule has 0 unspecified atom stereocenters. The van der Waals surface area contributed by atoms with Crippen LogP contribution in [0.5, 0.6) is 0 Å². The second-order valence-corrected chi connectivity index (χ2v) is 2.51. The summed E-state index contributed by atoms with van der Waals surface area (Å²) in [5.74, 6) is 0. The maximum Gasteiger partial charge on any atom is 0.291 e. The number of H-pyrrole nitrogens is 1. The third-order valence-electron chi connectivity index (χ3n) is 1.61. The zero-order chi connectivity index (χ0) is 10.1. The van der Waals surface area contributed by atoms with Gasteiger partial charge < -0.3 is 0 Å². The molecule has 0 aromatic carbocycles. The summed E-state index contributed by atoms with van der Waals surface area (Å²) in [6.45, 7) is 0. The van der Waals surface area contributed by atoms with E-state index in [9.17, 15) is 9.18 Å². The Kier molecular flexibility index (Phi) is 1.89. The minimum absolute atomic E-state index is 0.0779. The standard InChI is InChI=1S/C6H7FN6O/c1-8-12-13-2-9-3-4(13)10-6(7)11-5(3)14/h2,8,12H,1H3,(H,10,11,14). The Morgan fingerprint density at radius 3 is 3.14 bits per heavy atom. The first-order valence-electron chi connectivity index (χ1n) is 3.78. The first-order valence-corrected chi connectivity index (χ1v) is 3.78. The van der Waals surface area contributed by atoms with Crippen molar-refractivity contribution >= 4 is 11.2 Å². The average molecular weight is 198 g/mol. The number of hydrogen-bond acceptors (Lipinski definition) is 5. The Hall–Kier alpha value is -1.96. The summed E-state index contributed by atoms with van der Waals surface area (Å²) in [7, 11) is 1.62. The van der Waals surface area contributed by atoms with Crippen molar-refractivity contribution < 1.29 is 4.39 Å². The summed E-state index contributed by atoms with van der Waals surface area (Å²) in [5.41, 5.74) is 4.80. The molecule has 8 heteroatoms. The second kappa shape index (κ2) is 3.07. The van der Waals surface area contributed by atoms with Crippen LogP contribution in [0.2, 0.25) is 0 Å². The monoisotopic (exact) mass is 198 g/mol. The molecular weight excluding hydrogens is 191 g/mol. The van der Waals surface area contributed by atoms with Gasteiger partial charge in [0.2, 0.25) is 0 Å². The molecule has 0 aliphatic rings. The molecule has 74 valence electrons. The summed E-state index contributed by atoms with van der Waals surface area (Å²) in [5, 5.41) is 0. The largest absolute Gasteiger partial charge is 0.291 e. The fraction of sp³-hybridized carbons (Fsp3) is 0.167. The molecule has 0 atom stereocenters. The van der Waals surface area contributed by atoms with E-state index in [0.29, 0.717) is 0 Å². The van der Waals surface area contributed by atoms with Crippen LogP contribution in [0, 0.1) is 6.08 Å². The molecule has 2 aromatic rings. The smallest absolute Gasteiger partial charge is 0.281 e. The van der Waals surface area contributed by atoms with Gasteiger partial charge in [0.25, 0.3) is 11.6 Å². The maximum atomic E-state index is 12.7. The number of hydrogen-bond donors (Lipinski definition) is 3. The Labute approximate surface area is 76.9 Å². The van der Waals surface area contributed by atoms with E-state index in [0.717, 1.165) is 0 Å². The molecule has 2 rings (SSSR count). The first-order chi connectivity index (χ1) is 6.72. The number of nitrogens with zero attached hydrogens (tertiary/aromatic N) is 3. The molecule has 7 nitrogen and oxygen atoms in total. The van der Waals surface area contributed by atoms with Crippen LogP contribution in [0.15, 0.2) is 11.1 Å². The van der Waals surface area contributed by atoms with Crippen LogP contribution in [0.4, 0.5) is 4.39 Å². The number of nitrogens with one attached hydrogen (secondary N) is 3. The van der Waals surface area contributed by atoms with Crippen LogP contribution in [0.1, 0.15) is 0 Å². The van der Waals surface area contributed by atoms with Crippen molar-refractivity contribution in [2.45, 2.75) is 0 Å². The predicted molar refractivity (Wildman–Crippen MR) is 46.5 cm³/mol. The van der Waals surface area contributed by atoms with Crippen molar-refractivity contribution in [1.82, 2.24) is 25.1 Å². The molecule has 14 heavy (non-hydrogen) atoms. The van der Waals surface area contributed by atoms with Crippen LogP contribution in [0.3, 0.4) is 0 Å². The highest BCUT2D eigenvalue weighted by Gasteiger charge is 2.08. The number of halogens is 1. The molecule has 2 heterocycles. The summed E-state index contributed by atoms with van der Waals surface area (Å²) in [4.78, 5) is 20.3. The Morgan fingerprint density at radius 1 is 1.64 bits per heavy atom. The van der Waals surface area contributed by atoms with Gasteiger partial charge in [-0.05, 0) is 0 Å². The highest BCUT2D eigenvalue weighted by atomic mass is 19.1. The van der Waals surface area contributed by atoms with Gasteiger partial charge in [-0.15, -0.1) is 0 Å². The van der Waals surface area contributed by atoms with Gasteiger partial charge in [0.1, 0.15) is 6.33 Å². The molecular formula is C6H7FN6O. The van der Waals surface area contributed by atoms with Crippen molar-refractivity contribution in [3.8, 4) is 0 Å². The zero-order valence-corrected chi connectivity index (χ0v) is 7.21. The average Bonchev–Trinajstić information content (AvgIpc) is 2.49. The molecule has 0 amide bonds. The van der Waals surface area contributed by atoms with Crippen molar-refractivity contribution in [1.29, 1.82) is 0 Å².